The topological polar surface area (TPSA) is 73.8 Å². The summed E-state index contributed by atoms with van der Waals surface area (Å²) in [6.45, 7) is 0.191. The molecule has 2 aromatic heterocycles. The highest BCUT2D eigenvalue weighted by molar-refractivity contribution is 5.76. The highest BCUT2D eigenvalue weighted by Gasteiger charge is 2.10. The first-order chi connectivity index (χ1) is 11.3. The van der Waals surface area contributed by atoms with E-state index < -0.39 is 0 Å². The van der Waals surface area contributed by atoms with Crippen molar-refractivity contribution in [2.24, 2.45) is 0 Å². The van der Waals surface area contributed by atoms with Crippen LogP contribution in [0, 0.1) is 0 Å². The maximum atomic E-state index is 12.4. The van der Waals surface area contributed by atoms with Gasteiger partial charge in [-0.2, -0.15) is 4.98 Å². The highest BCUT2D eigenvalue weighted by atomic mass is 16.5. The number of para-hydroxylation sites is 1. The van der Waals surface area contributed by atoms with Crippen LogP contribution in [0.25, 0.3) is 22.3 Å². The second-order valence-corrected chi connectivity index (χ2v) is 5.07. The summed E-state index contributed by atoms with van der Waals surface area (Å²) in [5.41, 5.74) is 1.41. The molecule has 0 N–H and O–H groups in total. The van der Waals surface area contributed by atoms with E-state index in [-0.39, 0.29) is 12.1 Å². The van der Waals surface area contributed by atoms with Gasteiger partial charge in [0.2, 0.25) is 11.7 Å². The molecule has 2 heterocycles. The van der Waals surface area contributed by atoms with Crippen LogP contribution in [0.1, 0.15) is 5.89 Å². The van der Waals surface area contributed by atoms with E-state index >= 15 is 0 Å². The molecule has 0 atom stereocenters. The predicted molar refractivity (Wildman–Crippen MR) is 84.8 cm³/mol. The van der Waals surface area contributed by atoms with Gasteiger partial charge >= 0.3 is 0 Å². The van der Waals surface area contributed by atoms with Gasteiger partial charge in [-0.15, -0.1) is 0 Å². The molecule has 0 aliphatic rings. The third kappa shape index (κ3) is 2.50. The van der Waals surface area contributed by atoms with Gasteiger partial charge in [0, 0.05) is 5.56 Å². The molecule has 0 unspecified atom stereocenters. The molecular formula is C17H12N4O2. The van der Waals surface area contributed by atoms with E-state index in [1.807, 2.05) is 42.5 Å². The zero-order valence-electron chi connectivity index (χ0n) is 12.1. The maximum Gasteiger partial charge on any atom is 0.261 e. The van der Waals surface area contributed by atoms with Crippen molar-refractivity contribution in [1.29, 1.82) is 0 Å². The molecule has 0 radical (unpaired) electrons. The summed E-state index contributed by atoms with van der Waals surface area (Å²) in [6, 6.07) is 16.8. The summed E-state index contributed by atoms with van der Waals surface area (Å²) < 4.78 is 6.70. The van der Waals surface area contributed by atoms with Crippen molar-refractivity contribution in [2.75, 3.05) is 0 Å². The standard InChI is InChI=1S/C17H12N4O2/c22-17-13-8-4-5-9-14(13)18-11-21(17)10-15-19-16(20-23-15)12-6-2-1-3-7-12/h1-9,11H,10H2. The van der Waals surface area contributed by atoms with Crippen molar-refractivity contribution in [2.45, 2.75) is 6.54 Å². The van der Waals surface area contributed by atoms with Gasteiger partial charge in [-0.25, -0.2) is 4.98 Å². The zero-order chi connectivity index (χ0) is 15.6. The maximum absolute atomic E-state index is 12.4. The minimum absolute atomic E-state index is 0.130. The van der Waals surface area contributed by atoms with Crippen LogP contribution in [-0.4, -0.2) is 19.7 Å². The smallest absolute Gasteiger partial charge is 0.261 e. The van der Waals surface area contributed by atoms with E-state index in [1.165, 1.54) is 10.9 Å². The Balaban J connectivity index is 1.68. The lowest BCUT2D eigenvalue weighted by Gasteiger charge is -2.03. The van der Waals surface area contributed by atoms with Crippen LogP contribution in [0.5, 0.6) is 0 Å². The number of rotatable bonds is 3. The van der Waals surface area contributed by atoms with Gasteiger partial charge in [-0.3, -0.25) is 9.36 Å². The molecule has 0 bridgehead atoms. The van der Waals surface area contributed by atoms with Crippen LogP contribution in [-0.2, 0) is 6.54 Å². The van der Waals surface area contributed by atoms with Crippen LogP contribution < -0.4 is 5.56 Å². The molecule has 0 amide bonds. The minimum atomic E-state index is -0.130. The van der Waals surface area contributed by atoms with Crippen LogP contribution in [0.4, 0.5) is 0 Å². The van der Waals surface area contributed by atoms with Crippen LogP contribution in [0.3, 0.4) is 0 Å². The molecule has 0 aliphatic heterocycles. The summed E-state index contributed by atoms with van der Waals surface area (Å²) >= 11 is 0. The van der Waals surface area contributed by atoms with E-state index in [2.05, 4.69) is 15.1 Å². The van der Waals surface area contributed by atoms with Crippen LogP contribution in [0.2, 0.25) is 0 Å². The molecule has 4 aromatic rings. The normalized spacial score (nSPS) is 11.0. The molecule has 0 saturated carbocycles. The number of fused-ring (bicyclic) bond motifs is 1. The van der Waals surface area contributed by atoms with E-state index in [1.54, 1.807) is 12.1 Å². The first-order valence-electron chi connectivity index (χ1n) is 7.13. The van der Waals surface area contributed by atoms with Gasteiger partial charge in [-0.05, 0) is 12.1 Å². The average Bonchev–Trinajstić information content (AvgIpc) is 3.07. The minimum Gasteiger partial charge on any atom is -0.337 e. The lowest BCUT2D eigenvalue weighted by molar-refractivity contribution is 0.369. The lowest BCUT2D eigenvalue weighted by Crippen LogP contribution is -2.21. The molecule has 4 rings (SSSR count). The van der Waals surface area contributed by atoms with Gasteiger partial charge in [-0.1, -0.05) is 47.6 Å². The van der Waals surface area contributed by atoms with Crippen molar-refractivity contribution >= 4 is 10.9 Å². The summed E-state index contributed by atoms with van der Waals surface area (Å²) in [4.78, 5) is 21.1. The van der Waals surface area contributed by atoms with Crippen molar-refractivity contribution < 1.29 is 4.52 Å². The molecule has 0 aliphatic carbocycles. The predicted octanol–water partition coefficient (Wildman–Crippen LogP) is 2.49. The van der Waals surface area contributed by atoms with E-state index in [9.17, 15) is 4.79 Å². The molecule has 112 valence electrons. The Morgan fingerprint density at radius 3 is 2.65 bits per heavy atom. The van der Waals surface area contributed by atoms with E-state index in [0.717, 1.165) is 5.56 Å². The quantitative estimate of drug-likeness (QED) is 0.581. The first-order valence-corrected chi connectivity index (χ1v) is 7.13. The van der Waals surface area contributed by atoms with Crippen LogP contribution >= 0.6 is 0 Å². The summed E-state index contributed by atoms with van der Waals surface area (Å²) in [7, 11) is 0. The largest absolute Gasteiger partial charge is 0.337 e. The van der Waals surface area contributed by atoms with Gasteiger partial charge in [0.05, 0.1) is 17.2 Å². The van der Waals surface area contributed by atoms with E-state index in [4.69, 9.17) is 4.52 Å². The monoisotopic (exact) mass is 304 g/mol. The van der Waals surface area contributed by atoms with Gasteiger partial charge in [0.25, 0.3) is 5.56 Å². The molecule has 2 aromatic carbocycles. The Morgan fingerprint density at radius 1 is 1.00 bits per heavy atom. The molecular weight excluding hydrogens is 292 g/mol. The van der Waals surface area contributed by atoms with Crippen LogP contribution in [0.15, 0.2) is 70.2 Å². The third-order valence-corrected chi connectivity index (χ3v) is 3.54. The SMILES string of the molecule is O=c1c2ccccc2ncn1Cc1nc(-c2ccccc2)no1. The Kier molecular flexibility index (Phi) is 3.20. The number of hydrogen-bond donors (Lipinski definition) is 0. The second-order valence-electron chi connectivity index (χ2n) is 5.07. The van der Waals surface area contributed by atoms with Crippen molar-refractivity contribution in [1.82, 2.24) is 19.7 Å². The number of nitrogens with zero attached hydrogens (tertiary/aromatic N) is 4. The van der Waals surface area contributed by atoms with Crippen molar-refractivity contribution in [3.63, 3.8) is 0 Å². The number of hydrogen-bond acceptors (Lipinski definition) is 5. The second kappa shape index (κ2) is 5.49. The molecule has 6 nitrogen and oxygen atoms in total. The summed E-state index contributed by atoms with van der Waals surface area (Å²) in [5.74, 6) is 0.866. The first kappa shape index (κ1) is 13.4. The molecule has 0 fully saturated rings. The van der Waals surface area contributed by atoms with Crippen molar-refractivity contribution in [3.05, 3.63) is 77.2 Å². The Hall–Kier alpha value is -3.28. The number of benzene rings is 2. The summed E-state index contributed by atoms with van der Waals surface area (Å²) in [6.07, 6.45) is 1.50. The molecule has 6 heteroatoms. The average molecular weight is 304 g/mol. The number of aromatic nitrogens is 4. The fraction of sp³-hybridized carbons (Fsp3) is 0.0588. The highest BCUT2D eigenvalue weighted by Crippen LogP contribution is 2.15. The van der Waals surface area contributed by atoms with Crippen molar-refractivity contribution in [3.8, 4) is 11.4 Å². The van der Waals surface area contributed by atoms with Gasteiger partial charge in [0.1, 0.15) is 6.54 Å². The Labute approximate surface area is 131 Å². The fourth-order valence-corrected chi connectivity index (χ4v) is 2.39. The molecule has 0 spiro atoms. The molecule has 23 heavy (non-hydrogen) atoms. The Bertz CT molecular complexity index is 1020. The van der Waals surface area contributed by atoms with Gasteiger partial charge in [0.15, 0.2) is 0 Å². The lowest BCUT2D eigenvalue weighted by atomic mass is 10.2. The Morgan fingerprint density at radius 2 is 1.78 bits per heavy atom. The van der Waals surface area contributed by atoms with E-state index in [0.29, 0.717) is 22.6 Å². The fourth-order valence-electron chi connectivity index (χ4n) is 2.39. The van der Waals surface area contributed by atoms with Gasteiger partial charge < -0.3 is 4.52 Å². The summed E-state index contributed by atoms with van der Waals surface area (Å²) in [5, 5.41) is 4.52. The third-order valence-electron chi connectivity index (χ3n) is 3.54. The zero-order valence-corrected chi connectivity index (χ0v) is 12.1. The molecule has 0 saturated heterocycles.